The Morgan fingerprint density at radius 3 is 2.88 bits per heavy atom. The Balaban J connectivity index is 2.04. The third-order valence-corrected chi connectivity index (χ3v) is 6.58. The topological polar surface area (TPSA) is 63.6 Å². The number of hydrogen-bond donors (Lipinski definition) is 1. The molecular formula is C18H21BrClN3O2S. The second kappa shape index (κ2) is 8.67. The highest BCUT2D eigenvalue weighted by atomic mass is 79.9. The maximum absolute atomic E-state index is 12.5. The molecule has 0 bridgehead atoms. The van der Waals surface area contributed by atoms with Crippen LogP contribution in [0, 0.1) is 11.8 Å². The van der Waals surface area contributed by atoms with Gasteiger partial charge in [0.05, 0.1) is 18.7 Å². The maximum atomic E-state index is 12.5. The maximum Gasteiger partial charge on any atom is 0.337 e. The number of carbonyl (C=O) groups excluding carboxylic acids is 1. The number of nitrogens with one attached hydrogen (secondary N) is 1. The molecule has 0 fully saturated rings. The summed E-state index contributed by atoms with van der Waals surface area (Å²) in [7, 11) is 1.39. The van der Waals surface area contributed by atoms with Gasteiger partial charge in [-0.1, -0.05) is 35.0 Å². The molecule has 1 aliphatic heterocycles. The lowest BCUT2D eigenvalue weighted by Crippen LogP contribution is -2.42. The van der Waals surface area contributed by atoms with E-state index < -0.39 is 6.04 Å². The van der Waals surface area contributed by atoms with Crippen LogP contribution in [0.25, 0.3) is 0 Å². The minimum atomic E-state index is -0.397. The van der Waals surface area contributed by atoms with Crippen LogP contribution in [0.2, 0.25) is 0 Å². The predicted octanol–water partition coefficient (Wildman–Crippen LogP) is 3.89. The number of alkyl halides is 2. The van der Waals surface area contributed by atoms with Crippen molar-refractivity contribution < 1.29 is 9.53 Å². The number of carbonyl (C=O) groups is 1. The van der Waals surface area contributed by atoms with Crippen molar-refractivity contribution in [3.63, 3.8) is 0 Å². The Morgan fingerprint density at radius 1 is 1.50 bits per heavy atom. The Hall–Kier alpha value is -1.18. The van der Waals surface area contributed by atoms with Gasteiger partial charge in [-0.2, -0.15) is 0 Å². The molecule has 8 heteroatoms. The summed E-state index contributed by atoms with van der Waals surface area (Å²) in [6.45, 7) is 2.16. The van der Waals surface area contributed by atoms with Crippen LogP contribution in [-0.4, -0.2) is 40.6 Å². The van der Waals surface area contributed by atoms with Gasteiger partial charge in [-0.25, -0.2) is 9.78 Å². The third kappa shape index (κ3) is 3.89. The second-order valence-corrected chi connectivity index (χ2v) is 8.30. The van der Waals surface area contributed by atoms with E-state index in [0.717, 1.165) is 23.5 Å². The average Bonchev–Trinajstić information content (AvgIpc) is 3.21. The first kappa shape index (κ1) is 19.6. The van der Waals surface area contributed by atoms with Crippen LogP contribution in [-0.2, 0) is 9.53 Å². The molecule has 1 N–H and O–H groups in total. The van der Waals surface area contributed by atoms with Gasteiger partial charge in [0, 0.05) is 33.9 Å². The molecule has 1 aromatic heterocycles. The van der Waals surface area contributed by atoms with Crippen molar-refractivity contribution in [2.75, 3.05) is 12.4 Å². The van der Waals surface area contributed by atoms with Crippen LogP contribution in [0.4, 0.5) is 0 Å². The first-order chi connectivity index (χ1) is 12.6. The summed E-state index contributed by atoms with van der Waals surface area (Å²) >= 11 is 11.7. The molecule has 0 spiro atoms. The Bertz CT molecular complexity index is 748. The molecule has 5 nitrogen and oxygen atoms in total. The summed E-state index contributed by atoms with van der Waals surface area (Å²) < 4.78 is 5.04. The van der Waals surface area contributed by atoms with E-state index in [4.69, 9.17) is 21.3 Å². The van der Waals surface area contributed by atoms with Crippen molar-refractivity contribution in [3.8, 4) is 0 Å². The minimum Gasteiger partial charge on any atom is -0.466 e. The summed E-state index contributed by atoms with van der Waals surface area (Å²) in [5.41, 5.74) is 1.27. The van der Waals surface area contributed by atoms with Gasteiger partial charge >= 0.3 is 5.97 Å². The normalized spacial score (nSPS) is 28.5. The summed E-state index contributed by atoms with van der Waals surface area (Å²) in [6, 6.07) is -0.397. The number of nitrogens with zero attached hydrogens (tertiary/aromatic N) is 2. The zero-order valence-corrected chi connectivity index (χ0v) is 17.8. The minimum absolute atomic E-state index is 0.0697. The molecule has 2 aliphatic rings. The number of ether oxygens (including phenoxy) is 1. The van der Waals surface area contributed by atoms with Crippen LogP contribution in [0.1, 0.15) is 24.8 Å². The molecular weight excluding hydrogens is 438 g/mol. The molecule has 0 aromatic carbocycles. The first-order valence-corrected chi connectivity index (χ1v) is 11.0. The summed E-state index contributed by atoms with van der Waals surface area (Å²) in [5, 5.41) is 6.32. The predicted molar refractivity (Wildman–Crippen MR) is 109 cm³/mol. The monoisotopic (exact) mass is 457 g/mol. The lowest BCUT2D eigenvalue weighted by Gasteiger charge is -2.35. The Morgan fingerprint density at radius 2 is 2.31 bits per heavy atom. The molecule has 2 heterocycles. The van der Waals surface area contributed by atoms with Crippen molar-refractivity contribution in [1.82, 2.24) is 10.3 Å². The number of halogens is 2. The smallest absolute Gasteiger partial charge is 0.337 e. The van der Waals surface area contributed by atoms with Gasteiger partial charge in [0.15, 0.2) is 10.8 Å². The number of esters is 1. The highest BCUT2D eigenvalue weighted by molar-refractivity contribution is 9.09. The molecule has 1 aliphatic carbocycles. The van der Waals surface area contributed by atoms with Crippen molar-refractivity contribution in [2.24, 2.45) is 16.8 Å². The lowest BCUT2D eigenvalue weighted by molar-refractivity contribution is -0.136. The van der Waals surface area contributed by atoms with E-state index in [1.807, 2.05) is 5.38 Å². The van der Waals surface area contributed by atoms with Crippen LogP contribution in [0.15, 0.2) is 40.0 Å². The van der Waals surface area contributed by atoms with Crippen molar-refractivity contribution in [3.05, 3.63) is 40.0 Å². The molecule has 1 aromatic rings. The fraction of sp³-hybridized carbons (Fsp3) is 0.500. The van der Waals surface area contributed by atoms with Gasteiger partial charge < -0.3 is 10.1 Å². The van der Waals surface area contributed by atoms with E-state index in [1.165, 1.54) is 18.4 Å². The second-order valence-electron chi connectivity index (χ2n) is 6.28. The Labute approximate surface area is 170 Å². The third-order valence-electron chi connectivity index (χ3n) is 4.77. The van der Waals surface area contributed by atoms with Crippen molar-refractivity contribution in [1.29, 1.82) is 0 Å². The number of amidine groups is 1. The van der Waals surface area contributed by atoms with Gasteiger partial charge in [0.2, 0.25) is 0 Å². The number of aromatic nitrogens is 1. The van der Waals surface area contributed by atoms with Crippen molar-refractivity contribution in [2.45, 2.75) is 31.2 Å². The van der Waals surface area contributed by atoms with E-state index in [0.29, 0.717) is 22.7 Å². The number of rotatable bonds is 5. The zero-order chi connectivity index (χ0) is 18.7. The van der Waals surface area contributed by atoms with Gasteiger partial charge in [-0.3, -0.25) is 4.99 Å². The zero-order valence-electron chi connectivity index (χ0n) is 14.6. The van der Waals surface area contributed by atoms with Crippen molar-refractivity contribution >= 4 is 50.7 Å². The number of methoxy groups -OCH3 is 1. The van der Waals surface area contributed by atoms with E-state index in [2.05, 4.69) is 45.3 Å². The first-order valence-electron chi connectivity index (χ1n) is 8.53. The molecule has 3 rings (SSSR count). The quantitative estimate of drug-likeness (QED) is 0.413. The van der Waals surface area contributed by atoms with Gasteiger partial charge in [0.1, 0.15) is 0 Å². The summed E-state index contributed by atoms with van der Waals surface area (Å²) in [4.78, 5) is 21.7. The average molecular weight is 459 g/mol. The molecule has 0 amide bonds. The molecule has 0 radical (unpaired) electrons. The number of hydrogen-bond acceptors (Lipinski definition) is 6. The fourth-order valence-electron chi connectivity index (χ4n) is 3.35. The van der Waals surface area contributed by atoms with Gasteiger partial charge in [0.25, 0.3) is 0 Å². The van der Waals surface area contributed by atoms with E-state index in [1.54, 1.807) is 6.20 Å². The SMILES string of the molecule is CCC1C=C[C@@H](C2N=C(c3nccs3)NC(CBr)=C2C(=O)OC)C(Cl)C1. The summed E-state index contributed by atoms with van der Waals surface area (Å²) in [5.74, 6) is 0.689. The number of thiazole rings is 1. The molecule has 4 atom stereocenters. The fourth-order valence-corrected chi connectivity index (χ4v) is 4.83. The van der Waals surface area contributed by atoms with E-state index >= 15 is 0 Å². The summed E-state index contributed by atoms with van der Waals surface area (Å²) in [6.07, 6.45) is 7.99. The standard InChI is InChI=1S/C18H21BrClN3O2S/c1-3-10-4-5-11(12(20)8-10)15-14(18(24)25-2)13(9-19)22-16(23-15)17-21-6-7-26-17/h4-7,10-12,15H,3,8-9H2,1-2H3,(H,22,23)/t10?,11-,12?,15?/m1/s1. The molecule has 0 saturated carbocycles. The van der Waals surface area contributed by atoms with E-state index in [-0.39, 0.29) is 17.3 Å². The Kier molecular flexibility index (Phi) is 6.53. The van der Waals surface area contributed by atoms with E-state index in [9.17, 15) is 4.79 Å². The van der Waals surface area contributed by atoms with Crippen LogP contribution >= 0.6 is 38.9 Å². The largest absolute Gasteiger partial charge is 0.466 e. The van der Waals surface area contributed by atoms with Crippen LogP contribution in [0.3, 0.4) is 0 Å². The molecule has 26 heavy (non-hydrogen) atoms. The highest BCUT2D eigenvalue weighted by Gasteiger charge is 2.39. The van der Waals surface area contributed by atoms with Gasteiger partial charge in [-0.05, 0) is 18.8 Å². The number of allylic oxidation sites excluding steroid dienone is 2. The molecule has 0 saturated heterocycles. The van der Waals surface area contributed by atoms with Crippen LogP contribution < -0.4 is 5.32 Å². The molecule has 3 unspecified atom stereocenters. The highest BCUT2D eigenvalue weighted by Crippen LogP contribution is 2.37. The van der Waals surface area contributed by atoms with Gasteiger partial charge in [-0.15, -0.1) is 22.9 Å². The number of aliphatic imine (C=N–C) groups is 1. The lowest BCUT2D eigenvalue weighted by atomic mass is 9.80. The van der Waals surface area contributed by atoms with Crippen LogP contribution in [0.5, 0.6) is 0 Å². The molecule has 140 valence electrons.